The largest absolute Gasteiger partial charge is 0.314 e. The number of likely N-dealkylation sites (tertiary alicyclic amines) is 1. The van der Waals surface area contributed by atoms with Crippen molar-refractivity contribution in [3.63, 3.8) is 0 Å². The van der Waals surface area contributed by atoms with E-state index in [9.17, 15) is 0 Å². The average Bonchev–Trinajstić information content (AvgIpc) is 3.39. The Bertz CT molecular complexity index is 676. The van der Waals surface area contributed by atoms with Gasteiger partial charge in [-0.1, -0.05) is 12.1 Å². The molecule has 1 saturated heterocycles. The number of nitrogens with one attached hydrogen (secondary N) is 1. The van der Waals surface area contributed by atoms with Crippen LogP contribution in [0.1, 0.15) is 36.9 Å². The van der Waals surface area contributed by atoms with Crippen LogP contribution in [0.15, 0.2) is 30.3 Å². The maximum absolute atomic E-state index is 4.59. The average molecular weight is 346 g/mol. The van der Waals surface area contributed by atoms with Crippen molar-refractivity contribution in [2.75, 3.05) is 19.6 Å². The summed E-state index contributed by atoms with van der Waals surface area (Å²) in [6.45, 7) is 6.80. The second-order valence-electron chi connectivity index (χ2n) is 7.38. The highest BCUT2D eigenvalue weighted by atomic mass is 35.5. The summed E-state index contributed by atoms with van der Waals surface area (Å²) in [6, 6.07) is 11.8. The number of hydrogen-bond acceptors (Lipinski definition) is 3. The summed E-state index contributed by atoms with van der Waals surface area (Å²) in [7, 11) is 0. The maximum atomic E-state index is 4.59. The molecule has 1 saturated carbocycles. The van der Waals surface area contributed by atoms with Crippen LogP contribution in [0.2, 0.25) is 0 Å². The summed E-state index contributed by atoms with van der Waals surface area (Å²) < 4.78 is 0. The van der Waals surface area contributed by atoms with E-state index in [-0.39, 0.29) is 12.4 Å². The van der Waals surface area contributed by atoms with E-state index in [1.807, 2.05) is 0 Å². The molecule has 1 aliphatic carbocycles. The van der Waals surface area contributed by atoms with Crippen LogP contribution in [0.3, 0.4) is 0 Å². The number of pyridine rings is 1. The SMILES string of the molecule is Cc1ccc2cc(CN3CCC(NCC4CC4)CC3)ccc2n1.Cl. The third-order valence-corrected chi connectivity index (χ3v) is 5.28. The molecule has 24 heavy (non-hydrogen) atoms. The first-order valence-electron chi connectivity index (χ1n) is 9.08. The second kappa shape index (κ2) is 7.81. The number of aryl methyl sites for hydroxylation is 1. The van der Waals surface area contributed by atoms with E-state index in [0.717, 1.165) is 29.7 Å². The van der Waals surface area contributed by atoms with Gasteiger partial charge in [-0.3, -0.25) is 9.88 Å². The van der Waals surface area contributed by atoms with Gasteiger partial charge in [0.25, 0.3) is 0 Å². The molecule has 1 aliphatic heterocycles. The number of aromatic nitrogens is 1. The van der Waals surface area contributed by atoms with Crippen molar-refractivity contribution in [3.05, 3.63) is 41.6 Å². The van der Waals surface area contributed by atoms with Crippen molar-refractivity contribution in [2.24, 2.45) is 5.92 Å². The van der Waals surface area contributed by atoms with Crippen LogP contribution in [0, 0.1) is 12.8 Å². The Labute approximate surface area is 151 Å². The Balaban J connectivity index is 0.00000169. The van der Waals surface area contributed by atoms with Crippen LogP contribution in [-0.4, -0.2) is 35.6 Å². The first-order valence-corrected chi connectivity index (χ1v) is 9.08. The van der Waals surface area contributed by atoms with Crippen molar-refractivity contribution in [3.8, 4) is 0 Å². The lowest BCUT2D eigenvalue weighted by Crippen LogP contribution is -2.42. The van der Waals surface area contributed by atoms with Gasteiger partial charge >= 0.3 is 0 Å². The van der Waals surface area contributed by atoms with Crippen molar-refractivity contribution in [1.82, 2.24) is 15.2 Å². The molecule has 1 aromatic carbocycles. The lowest BCUT2D eigenvalue weighted by Gasteiger charge is -2.32. The van der Waals surface area contributed by atoms with Gasteiger partial charge in [0.2, 0.25) is 0 Å². The van der Waals surface area contributed by atoms with Crippen molar-refractivity contribution in [2.45, 2.75) is 45.2 Å². The first-order chi connectivity index (χ1) is 11.3. The molecule has 0 unspecified atom stereocenters. The fourth-order valence-electron chi connectivity index (χ4n) is 3.58. The van der Waals surface area contributed by atoms with Gasteiger partial charge in [0.15, 0.2) is 0 Å². The number of benzene rings is 1. The topological polar surface area (TPSA) is 28.2 Å². The van der Waals surface area contributed by atoms with Gasteiger partial charge in [0.1, 0.15) is 0 Å². The normalized spacial score (nSPS) is 19.4. The fourth-order valence-corrected chi connectivity index (χ4v) is 3.58. The molecule has 130 valence electrons. The van der Waals surface area contributed by atoms with Crippen molar-refractivity contribution >= 4 is 23.3 Å². The minimum Gasteiger partial charge on any atom is -0.314 e. The molecular formula is C20H28ClN3. The van der Waals surface area contributed by atoms with Crippen LogP contribution in [0.4, 0.5) is 0 Å². The van der Waals surface area contributed by atoms with Crippen LogP contribution >= 0.6 is 12.4 Å². The molecule has 2 aromatic rings. The van der Waals surface area contributed by atoms with Crippen LogP contribution in [0.25, 0.3) is 10.9 Å². The summed E-state index contributed by atoms with van der Waals surface area (Å²) in [5.74, 6) is 0.989. The van der Waals surface area contributed by atoms with E-state index in [4.69, 9.17) is 0 Å². The molecule has 3 nitrogen and oxygen atoms in total. The minimum atomic E-state index is 0. The smallest absolute Gasteiger partial charge is 0.0705 e. The van der Waals surface area contributed by atoms with Gasteiger partial charge in [-0.25, -0.2) is 0 Å². The van der Waals surface area contributed by atoms with Crippen molar-refractivity contribution in [1.29, 1.82) is 0 Å². The molecule has 0 spiro atoms. The number of nitrogens with zero attached hydrogens (tertiary/aromatic N) is 2. The predicted octanol–water partition coefficient (Wildman–Crippen LogP) is 3.93. The second-order valence-corrected chi connectivity index (χ2v) is 7.38. The monoisotopic (exact) mass is 345 g/mol. The van der Waals surface area contributed by atoms with E-state index in [1.54, 1.807) is 0 Å². The zero-order valence-corrected chi connectivity index (χ0v) is 15.3. The summed E-state index contributed by atoms with van der Waals surface area (Å²) in [4.78, 5) is 7.19. The van der Waals surface area contributed by atoms with Gasteiger partial charge in [-0.05, 0) is 81.9 Å². The minimum absolute atomic E-state index is 0. The molecule has 0 amide bonds. The van der Waals surface area contributed by atoms with Gasteiger partial charge in [-0.2, -0.15) is 0 Å². The molecule has 1 N–H and O–H groups in total. The Kier molecular flexibility index (Phi) is 5.75. The van der Waals surface area contributed by atoms with Gasteiger partial charge in [-0.15, -0.1) is 12.4 Å². The summed E-state index contributed by atoms with van der Waals surface area (Å²) in [5, 5.41) is 5.02. The highest BCUT2D eigenvalue weighted by Crippen LogP contribution is 2.28. The molecule has 1 aromatic heterocycles. The van der Waals surface area contributed by atoms with E-state index in [1.165, 1.54) is 56.3 Å². The Morgan fingerprint density at radius 1 is 1.08 bits per heavy atom. The van der Waals surface area contributed by atoms with Crippen molar-refractivity contribution < 1.29 is 0 Å². The third kappa shape index (κ3) is 4.47. The number of piperidine rings is 1. The molecule has 2 aliphatic rings. The molecule has 0 radical (unpaired) electrons. The van der Waals surface area contributed by atoms with Gasteiger partial charge in [0.05, 0.1) is 5.52 Å². The van der Waals surface area contributed by atoms with Crippen LogP contribution in [0.5, 0.6) is 0 Å². The van der Waals surface area contributed by atoms with Crippen LogP contribution < -0.4 is 5.32 Å². The third-order valence-electron chi connectivity index (χ3n) is 5.28. The highest BCUT2D eigenvalue weighted by Gasteiger charge is 2.24. The number of fused-ring (bicyclic) bond motifs is 1. The molecule has 2 fully saturated rings. The zero-order valence-electron chi connectivity index (χ0n) is 14.5. The molecule has 4 rings (SSSR count). The molecule has 0 atom stereocenters. The Morgan fingerprint density at radius 3 is 2.62 bits per heavy atom. The number of rotatable bonds is 5. The lowest BCUT2D eigenvalue weighted by molar-refractivity contribution is 0.190. The van der Waals surface area contributed by atoms with E-state index in [0.29, 0.717) is 0 Å². The predicted molar refractivity (Wildman–Crippen MR) is 103 cm³/mol. The van der Waals surface area contributed by atoms with E-state index < -0.39 is 0 Å². The van der Waals surface area contributed by atoms with Gasteiger partial charge < -0.3 is 5.32 Å². The van der Waals surface area contributed by atoms with Crippen LogP contribution in [-0.2, 0) is 6.54 Å². The summed E-state index contributed by atoms with van der Waals surface area (Å²) in [5.41, 5.74) is 3.61. The fraction of sp³-hybridized carbons (Fsp3) is 0.550. The lowest BCUT2D eigenvalue weighted by atomic mass is 10.0. The first kappa shape index (κ1) is 17.7. The Morgan fingerprint density at radius 2 is 1.88 bits per heavy atom. The maximum Gasteiger partial charge on any atom is 0.0705 e. The summed E-state index contributed by atoms with van der Waals surface area (Å²) >= 11 is 0. The number of hydrogen-bond donors (Lipinski definition) is 1. The standard InChI is InChI=1S/C20H27N3.ClH/c1-15-2-6-18-12-17(5-7-20(18)22-15)14-23-10-8-19(9-11-23)21-13-16-3-4-16;/h2,5-7,12,16,19,21H,3-4,8-11,13-14H2,1H3;1H. The molecule has 4 heteroatoms. The number of halogens is 1. The van der Waals surface area contributed by atoms with E-state index in [2.05, 4.69) is 52.5 Å². The quantitative estimate of drug-likeness (QED) is 0.890. The van der Waals surface area contributed by atoms with E-state index >= 15 is 0 Å². The summed E-state index contributed by atoms with van der Waals surface area (Å²) in [6.07, 6.45) is 5.48. The van der Waals surface area contributed by atoms with Gasteiger partial charge in [0, 0.05) is 23.7 Å². The zero-order chi connectivity index (χ0) is 15.6. The molecule has 0 bridgehead atoms. The highest BCUT2D eigenvalue weighted by molar-refractivity contribution is 5.85. The molecule has 2 heterocycles. The molecular weight excluding hydrogens is 318 g/mol. The Hall–Kier alpha value is -1.16.